The Morgan fingerprint density at radius 1 is 0.429 bits per heavy atom. The Kier molecular flexibility index (Phi) is 629. The molecule has 8 heteroatoms. The Morgan fingerprint density at radius 3 is 0.429 bits per heavy atom. The summed E-state index contributed by atoms with van der Waals surface area (Å²) in [5.41, 5.74) is 0. The average Bonchev–Trinajstić information content (AvgIpc) is 2.45. The molecule has 0 unspecified atom stereocenters. The van der Waals surface area contributed by atoms with Crippen molar-refractivity contribution in [2.75, 3.05) is 0 Å². The van der Waals surface area contributed by atoms with Crippen LogP contribution in [0.5, 0.6) is 0 Å². The van der Waals surface area contributed by atoms with Crippen molar-refractivity contribution in [3.8, 4) is 39.4 Å². The zero-order valence-corrected chi connectivity index (χ0v) is 8.18. The molecule has 0 saturated heterocycles. The summed E-state index contributed by atoms with van der Waals surface area (Å²) in [5, 5.41) is 39.0. The van der Waals surface area contributed by atoms with Gasteiger partial charge in [0, 0.05) is 39.4 Å². The molecular weight excluding hydrogens is 226 g/mol. The molecule has 0 spiro atoms. The Hall–Kier alpha value is -2.58. The van der Waals surface area contributed by atoms with E-state index in [4.69, 9.17) is 31.6 Å². The van der Waals surface area contributed by atoms with E-state index in [0.717, 1.165) is 0 Å². The molecule has 0 aliphatic rings. The third kappa shape index (κ3) is 100. The number of hydrogen-bond donors (Lipinski definition) is 1. The second-order valence-electron chi connectivity index (χ2n) is 0. The Labute approximate surface area is 92.4 Å². The Morgan fingerprint density at radius 2 is 0.429 bits per heavy atom. The van der Waals surface area contributed by atoms with Crippen molar-refractivity contribution in [1.82, 2.24) is 0 Å². The maximum absolute atomic E-state index is 6.50. The number of nitrogens with two attached hydrogens (primary N) is 1. The van der Waals surface area contributed by atoms with Crippen LogP contribution in [0, 0.1) is 71.0 Å². The molecular formula is C6H8FeN7. The number of rotatable bonds is 0. The molecule has 2 N–H and O–H groups in total. The SMILES string of the molecule is C#N.C#N.C#N.C#N.C#N.C#N.[NH2][Fe]. The third-order valence-corrected chi connectivity index (χ3v) is 0. The van der Waals surface area contributed by atoms with E-state index in [1.807, 2.05) is 0 Å². The first-order valence-electron chi connectivity index (χ1n) is 1.75. The molecule has 0 amide bonds. The molecule has 0 bridgehead atoms. The summed E-state index contributed by atoms with van der Waals surface area (Å²) in [6, 6.07) is 0. The quantitative estimate of drug-likeness (QED) is 0.585. The molecule has 14 heavy (non-hydrogen) atoms. The zero-order chi connectivity index (χ0) is 14.0. The molecule has 0 aromatic rings. The van der Waals surface area contributed by atoms with Crippen molar-refractivity contribution in [3.63, 3.8) is 0 Å². The zero-order valence-electron chi connectivity index (χ0n) is 7.08. The third-order valence-electron chi connectivity index (χ3n) is 0. The van der Waals surface area contributed by atoms with Gasteiger partial charge < -0.3 is 0 Å². The van der Waals surface area contributed by atoms with E-state index in [2.05, 4.69) is 60.4 Å². The van der Waals surface area contributed by atoms with Crippen LogP contribution in [0.3, 0.4) is 0 Å². The van der Waals surface area contributed by atoms with Crippen molar-refractivity contribution < 1.29 is 16.2 Å². The Bertz CT molecular complexity index is 93.2. The molecule has 0 aliphatic heterocycles. The van der Waals surface area contributed by atoms with Gasteiger partial charge in [0.25, 0.3) is 0 Å². The molecule has 0 radical (unpaired) electrons. The first kappa shape index (κ1) is 63.5. The summed E-state index contributed by atoms with van der Waals surface area (Å²) < 4.78 is 4.25. The first-order valence-corrected chi connectivity index (χ1v) is 2.39. The van der Waals surface area contributed by atoms with Gasteiger partial charge in [-0.05, 0) is 0 Å². The van der Waals surface area contributed by atoms with Crippen LogP contribution in [0.2, 0.25) is 0 Å². The summed E-state index contributed by atoms with van der Waals surface area (Å²) in [4.78, 5) is 0. The number of nitrogens with zero attached hydrogens (tertiary/aromatic N) is 6. The summed E-state index contributed by atoms with van der Waals surface area (Å²) >= 11 is 2.75. The van der Waals surface area contributed by atoms with E-state index < -0.39 is 0 Å². The van der Waals surface area contributed by atoms with Crippen LogP contribution < -0.4 is 4.75 Å². The van der Waals surface area contributed by atoms with Crippen molar-refractivity contribution in [2.24, 2.45) is 4.75 Å². The fourth-order valence-corrected chi connectivity index (χ4v) is 0. The number of nitriles is 6. The molecule has 0 aliphatic carbocycles. The van der Waals surface area contributed by atoms with E-state index in [-0.39, 0.29) is 0 Å². The van der Waals surface area contributed by atoms with Crippen molar-refractivity contribution in [1.29, 1.82) is 31.6 Å². The van der Waals surface area contributed by atoms with Gasteiger partial charge in [-0.2, -0.15) is 0 Å². The topological polar surface area (TPSA) is 169 Å². The predicted octanol–water partition coefficient (Wildman–Crippen LogP) is 0.246. The second kappa shape index (κ2) is 139. The monoisotopic (exact) mass is 234 g/mol. The van der Waals surface area contributed by atoms with Gasteiger partial charge in [-0.1, -0.05) is 0 Å². The summed E-state index contributed by atoms with van der Waals surface area (Å²) in [6.45, 7) is 21.0. The maximum atomic E-state index is 6.50. The Balaban J connectivity index is -0.00000000817. The fraction of sp³-hybridized carbons (Fsp3) is 0. The van der Waals surface area contributed by atoms with Gasteiger partial charge in [0.2, 0.25) is 0 Å². The minimum absolute atomic E-state index is 2.75. The van der Waals surface area contributed by atoms with Gasteiger partial charge in [0.05, 0.1) is 0 Å². The second-order valence-corrected chi connectivity index (χ2v) is 0. The van der Waals surface area contributed by atoms with Crippen molar-refractivity contribution in [2.45, 2.75) is 0 Å². The van der Waals surface area contributed by atoms with Gasteiger partial charge in [0.1, 0.15) is 0 Å². The average molecular weight is 234 g/mol. The minimum atomic E-state index is 2.75. The molecule has 75 valence electrons. The van der Waals surface area contributed by atoms with Crippen LogP contribution in [0.15, 0.2) is 0 Å². The van der Waals surface area contributed by atoms with E-state index in [1.165, 1.54) is 0 Å². The van der Waals surface area contributed by atoms with E-state index in [0.29, 0.717) is 0 Å². The molecule has 0 rings (SSSR count). The van der Waals surface area contributed by atoms with Crippen LogP contribution in [0.25, 0.3) is 0 Å². The molecule has 0 saturated carbocycles. The van der Waals surface area contributed by atoms with Crippen molar-refractivity contribution in [3.05, 3.63) is 0 Å². The van der Waals surface area contributed by atoms with Gasteiger partial charge in [-0.25, -0.2) is 31.6 Å². The number of hydrogen-bond acceptors (Lipinski definition) is 7. The fourth-order valence-electron chi connectivity index (χ4n) is 0. The molecule has 7 nitrogen and oxygen atoms in total. The van der Waals surface area contributed by atoms with Crippen LogP contribution in [-0.2, 0) is 16.2 Å². The van der Waals surface area contributed by atoms with Crippen LogP contribution >= 0.6 is 0 Å². The summed E-state index contributed by atoms with van der Waals surface area (Å²) in [6.07, 6.45) is 0. The normalized spacial score (nSPS) is 1.29. The van der Waals surface area contributed by atoms with E-state index in [1.54, 1.807) is 0 Å². The van der Waals surface area contributed by atoms with Crippen LogP contribution in [0.4, 0.5) is 0 Å². The van der Waals surface area contributed by atoms with Crippen LogP contribution in [0.1, 0.15) is 0 Å². The predicted molar refractivity (Wildman–Crippen MR) is 44.2 cm³/mol. The molecule has 0 fully saturated rings. The molecule has 0 aromatic carbocycles. The van der Waals surface area contributed by atoms with Crippen molar-refractivity contribution >= 4 is 0 Å². The van der Waals surface area contributed by atoms with Gasteiger partial charge in [-0.15, -0.1) is 0 Å². The first-order chi connectivity index (χ1) is 7.00. The standard InChI is InChI=1S/6CHN.Fe.H2N/c6*1-2;;/h6*1H;;1H2/q;;;;;;+1;-1. The molecule has 0 atom stereocenters. The molecule has 0 heterocycles. The van der Waals surface area contributed by atoms with Gasteiger partial charge in [-0.3, -0.25) is 0 Å². The summed E-state index contributed by atoms with van der Waals surface area (Å²) in [7, 11) is 0. The van der Waals surface area contributed by atoms with Gasteiger partial charge in [0.15, 0.2) is 0 Å². The van der Waals surface area contributed by atoms with E-state index in [9.17, 15) is 0 Å². The molecule has 0 aromatic heterocycles. The van der Waals surface area contributed by atoms with E-state index >= 15 is 0 Å². The van der Waals surface area contributed by atoms with Gasteiger partial charge >= 0.3 is 21.0 Å². The van der Waals surface area contributed by atoms with Crippen LogP contribution in [-0.4, -0.2) is 0 Å². The summed E-state index contributed by atoms with van der Waals surface area (Å²) in [5.74, 6) is 0.